The summed E-state index contributed by atoms with van der Waals surface area (Å²) in [4.78, 5) is 4.95. The van der Waals surface area contributed by atoms with Crippen LogP contribution >= 0.6 is 22.7 Å². The number of rotatable bonds is 10. The zero-order valence-electron chi connectivity index (χ0n) is 63.0. The molecule has 0 amide bonds. The van der Waals surface area contributed by atoms with Gasteiger partial charge in [0.15, 0.2) is 0 Å². The summed E-state index contributed by atoms with van der Waals surface area (Å²) in [6.07, 6.45) is 0. The van der Waals surface area contributed by atoms with E-state index in [2.05, 4.69) is 389 Å². The predicted molar refractivity (Wildman–Crippen MR) is 486 cm³/mol. The lowest BCUT2D eigenvalue weighted by molar-refractivity contribution is 0.660. The van der Waals surface area contributed by atoms with Gasteiger partial charge in [0, 0.05) is 86.1 Å². The monoisotopic (exact) mass is 1490 g/mol. The summed E-state index contributed by atoms with van der Waals surface area (Å²) in [6.45, 7) is 9.52. The van der Waals surface area contributed by atoms with Crippen LogP contribution in [0.25, 0.3) is 183 Å². The van der Waals surface area contributed by atoms with Gasteiger partial charge in [0.1, 0.15) is 22.3 Å². The quantitative estimate of drug-likeness (QED) is 0.137. The number of benzene rings is 18. The lowest BCUT2D eigenvalue weighted by Gasteiger charge is -2.29. The van der Waals surface area contributed by atoms with Crippen molar-refractivity contribution in [1.82, 2.24) is 0 Å². The van der Waals surface area contributed by atoms with E-state index in [4.69, 9.17) is 8.83 Å². The third kappa shape index (κ3) is 9.50. The van der Waals surface area contributed by atoms with Crippen molar-refractivity contribution < 1.29 is 8.83 Å². The van der Waals surface area contributed by atoms with Crippen LogP contribution in [0.1, 0.15) is 49.9 Å². The lowest BCUT2D eigenvalue weighted by Crippen LogP contribution is -2.16. The summed E-state index contributed by atoms with van der Waals surface area (Å²) < 4.78 is 18.9. The van der Waals surface area contributed by atoms with Gasteiger partial charge in [-0.15, -0.1) is 22.7 Å². The van der Waals surface area contributed by atoms with Crippen molar-refractivity contribution in [2.45, 2.75) is 38.5 Å². The Labute approximate surface area is 666 Å². The van der Waals surface area contributed by atoms with Gasteiger partial charge in [-0.05, 0) is 218 Å². The van der Waals surface area contributed by atoms with Gasteiger partial charge in [-0.2, -0.15) is 0 Å². The van der Waals surface area contributed by atoms with Crippen molar-refractivity contribution in [3.8, 4) is 66.8 Å². The summed E-state index contributed by atoms with van der Waals surface area (Å²) >= 11 is 3.68. The third-order valence-corrected chi connectivity index (χ3v) is 27.6. The number of anilines is 6. The maximum atomic E-state index is 7.23. The molecule has 18 aromatic carbocycles. The molecule has 24 rings (SSSR count). The molecule has 536 valence electrons. The van der Waals surface area contributed by atoms with Crippen LogP contribution in [0.4, 0.5) is 34.1 Å². The molecule has 0 saturated carbocycles. The Morgan fingerprint density at radius 2 is 0.675 bits per heavy atom. The topological polar surface area (TPSA) is 32.8 Å². The molecule has 2 aliphatic carbocycles. The van der Waals surface area contributed by atoms with Crippen molar-refractivity contribution in [2.24, 2.45) is 0 Å². The highest BCUT2D eigenvalue weighted by molar-refractivity contribution is 7.27. The second kappa shape index (κ2) is 24.4. The van der Waals surface area contributed by atoms with Crippen molar-refractivity contribution >= 4 is 173 Å². The van der Waals surface area contributed by atoms with E-state index in [1.54, 1.807) is 0 Å². The molecule has 0 radical (unpaired) electrons. The molecule has 0 fully saturated rings. The molecule has 0 spiro atoms. The van der Waals surface area contributed by atoms with Gasteiger partial charge in [-0.3, -0.25) is 0 Å². The fraction of sp³-hybridized carbons (Fsp3) is 0.0556. The summed E-state index contributed by atoms with van der Waals surface area (Å²) in [5, 5.41) is 16.4. The van der Waals surface area contributed by atoms with E-state index in [0.29, 0.717) is 0 Å². The van der Waals surface area contributed by atoms with Crippen molar-refractivity contribution in [3.05, 3.63) is 374 Å². The van der Waals surface area contributed by atoms with Crippen LogP contribution in [0, 0.1) is 0 Å². The van der Waals surface area contributed by atoms with E-state index in [1.807, 2.05) is 22.7 Å². The highest BCUT2D eigenvalue weighted by atomic mass is 32.1. The minimum absolute atomic E-state index is 0.142. The van der Waals surface area contributed by atoms with Gasteiger partial charge in [-0.25, -0.2) is 0 Å². The highest BCUT2D eigenvalue weighted by Gasteiger charge is 2.39. The molecular formula is C108H70N2O2S2. The van der Waals surface area contributed by atoms with E-state index in [9.17, 15) is 0 Å². The summed E-state index contributed by atoms with van der Waals surface area (Å²) in [6, 6.07) is 131. The zero-order valence-corrected chi connectivity index (χ0v) is 64.6. The van der Waals surface area contributed by atoms with Gasteiger partial charge in [0.05, 0.1) is 20.8 Å². The van der Waals surface area contributed by atoms with Crippen LogP contribution < -0.4 is 9.80 Å². The van der Waals surface area contributed by atoms with Crippen LogP contribution in [-0.4, -0.2) is 0 Å². The van der Waals surface area contributed by atoms with E-state index in [0.717, 1.165) is 105 Å². The van der Waals surface area contributed by atoms with Crippen LogP contribution in [-0.2, 0) is 10.8 Å². The largest absolute Gasteiger partial charge is 0.455 e. The Morgan fingerprint density at radius 3 is 1.34 bits per heavy atom. The molecule has 0 unspecified atom stereocenters. The van der Waals surface area contributed by atoms with Crippen LogP contribution in [0.5, 0.6) is 0 Å². The SMILES string of the molecule is CC1(C)c2ccccc2-c2ccc(N(c3ccc(-c4cccc5c4C(C)(C)c4ccccc4-5)cc3)c3cccc4c3sc3ccc5c(oc6ccc7c(-c8ccc(-c9cccc(N(c%10ccc(-c%11cccc%12ccccc%11%12)cc%10)c%10cccc%11c%10sc%10ccc%12c(oc%13ccc%14ccccc%14c%13%12)c%10%11)c9)cc8)cccc7c65)c34)cc21. The normalized spacial score (nSPS) is 13.4. The molecule has 4 heterocycles. The first-order chi connectivity index (χ1) is 56.0. The predicted octanol–water partition coefficient (Wildman–Crippen LogP) is 31.9. The van der Waals surface area contributed by atoms with Gasteiger partial charge in [0.25, 0.3) is 0 Å². The number of furan rings is 2. The van der Waals surface area contributed by atoms with E-state index >= 15 is 0 Å². The maximum absolute atomic E-state index is 7.23. The summed E-state index contributed by atoms with van der Waals surface area (Å²) in [7, 11) is 0. The average Bonchev–Trinajstić information content (AvgIpc) is 1.57. The van der Waals surface area contributed by atoms with E-state index in [-0.39, 0.29) is 10.8 Å². The van der Waals surface area contributed by atoms with Crippen molar-refractivity contribution in [3.63, 3.8) is 0 Å². The molecule has 4 nitrogen and oxygen atoms in total. The van der Waals surface area contributed by atoms with Gasteiger partial charge in [-0.1, -0.05) is 282 Å². The molecule has 4 aromatic heterocycles. The minimum Gasteiger partial charge on any atom is -0.455 e. The molecule has 0 aliphatic heterocycles. The fourth-order valence-electron chi connectivity index (χ4n) is 19.9. The van der Waals surface area contributed by atoms with Gasteiger partial charge >= 0.3 is 0 Å². The Morgan fingerprint density at radius 1 is 0.246 bits per heavy atom. The molecule has 0 bridgehead atoms. The first-order valence-electron chi connectivity index (χ1n) is 39.4. The molecule has 22 aromatic rings. The zero-order chi connectivity index (χ0) is 75.4. The second-order valence-corrected chi connectivity index (χ2v) is 34.2. The van der Waals surface area contributed by atoms with Crippen LogP contribution in [0.2, 0.25) is 0 Å². The molecule has 6 heteroatoms. The first kappa shape index (κ1) is 65.1. The smallest absolute Gasteiger partial charge is 0.144 e. The van der Waals surface area contributed by atoms with E-state index < -0.39 is 0 Å². The molecule has 114 heavy (non-hydrogen) atoms. The third-order valence-electron chi connectivity index (χ3n) is 25.3. The molecule has 0 saturated heterocycles. The molecule has 0 N–H and O–H groups in total. The van der Waals surface area contributed by atoms with Crippen LogP contribution in [0.15, 0.2) is 361 Å². The molecule has 0 atom stereocenters. The first-order valence-corrected chi connectivity index (χ1v) is 41.1. The number of fused-ring (bicyclic) bond motifs is 25. The standard InChI is InChI=1S/C108H70N2O2S2/c1-107(2)89-35-11-9-26-80(89)82-53-52-73(62-91(82)107)110(71-50-45-68(46-51-71)78-30-16-32-84-81-27-10-12-36-90(81)108(3,4)102(78)84)93-38-18-34-88-101-97(114-106(88)93)60-56-86-99-83-31-15-29-76(79(83)54-58-95(99)112-104(86)101)66-41-39-63(40-42-66)69-22-13-23-72(61-69)109(70-48-43-67(44-49-70)75-28-14-21-64-19-5-7-24-74(64)75)92-37-17-33-87-100-96(113-105(87)92)59-55-85-98-77-25-8-6-20-65(77)47-57-94(98)111-103(85)100/h5-62H,1-4H3. The maximum Gasteiger partial charge on any atom is 0.144 e. The van der Waals surface area contributed by atoms with Crippen molar-refractivity contribution in [1.29, 1.82) is 0 Å². The van der Waals surface area contributed by atoms with Gasteiger partial charge in [0.2, 0.25) is 0 Å². The summed E-state index contributed by atoms with van der Waals surface area (Å²) in [5.41, 5.74) is 30.1. The van der Waals surface area contributed by atoms with Crippen molar-refractivity contribution in [2.75, 3.05) is 9.80 Å². The minimum atomic E-state index is -0.182. The fourth-order valence-corrected chi connectivity index (χ4v) is 22.3. The van der Waals surface area contributed by atoms with Crippen LogP contribution in [0.3, 0.4) is 0 Å². The average molecular weight is 1490 g/mol. The Balaban J connectivity index is 0.596. The molecule has 2 aliphatic rings. The number of hydrogen-bond donors (Lipinski definition) is 0. The number of thiophene rings is 2. The lowest BCUT2D eigenvalue weighted by atomic mass is 9.79. The summed E-state index contributed by atoms with van der Waals surface area (Å²) in [5.74, 6) is 0. The van der Waals surface area contributed by atoms with E-state index in [1.165, 1.54) is 134 Å². The number of nitrogens with zero attached hydrogens (tertiary/aromatic N) is 2. The van der Waals surface area contributed by atoms with Gasteiger partial charge < -0.3 is 18.6 Å². The number of hydrogen-bond acceptors (Lipinski definition) is 6. The second-order valence-electron chi connectivity index (χ2n) is 32.1. The Kier molecular flexibility index (Phi) is 14.0. The highest BCUT2D eigenvalue weighted by Crippen LogP contribution is 2.57. The Bertz CT molecular complexity index is 7860. The Hall–Kier alpha value is -13.6. The molecular weight excluding hydrogens is 1420 g/mol.